The maximum Gasteiger partial charge on any atom is 0.147 e. The normalized spacial score (nSPS) is 42.2. The van der Waals surface area contributed by atoms with E-state index in [0.29, 0.717) is 22.4 Å². The molecule has 0 heterocycles. The van der Waals surface area contributed by atoms with E-state index in [9.17, 15) is 4.79 Å². The average Bonchev–Trinajstić information content (AvgIpc) is 3.14. The third-order valence-corrected chi connectivity index (χ3v) is 9.29. The Kier molecular flexibility index (Phi) is 12.1. The van der Waals surface area contributed by atoms with Crippen LogP contribution in [0.3, 0.4) is 0 Å². The predicted octanol–water partition coefficient (Wildman–Crippen LogP) is 8.93. The zero-order chi connectivity index (χ0) is 22.2. The Morgan fingerprint density at radius 1 is 0.828 bits per heavy atom. The van der Waals surface area contributed by atoms with Crippen LogP contribution in [-0.2, 0) is 4.79 Å². The minimum Gasteiger partial charge on any atom is -0.298 e. The number of carbonyl (C=O) groups excluding carboxylic acids is 1. The zero-order valence-electron chi connectivity index (χ0n) is 20.9. The summed E-state index contributed by atoms with van der Waals surface area (Å²) in [6.45, 7) is 16.9. The van der Waals surface area contributed by atoms with Crippen LogP contribution < -0.4 is 0 Å². The van der Waals surface area contributed by atoms with Crippen molar-refractivity contribution < 1.29 is 4.79 Å². The average molecular weight is 472 g/mol. The van der Waals surface area contributed by atoms with Gasteiger partial charge in [-0.2, -0.15) is 0 Å². The molecular formula is C27H51BrO. The lowest BCUT2D eigenvalue weighted by atomic mass is 9.49. The molecule has 2 heteroatoms. The highest BCUT2D eigenvalue weighted by molar-refractivity contribution is 9.09. The molecule has 29 heavy (non-hydrogen) atoms. The lowest BCUT2D eigenvalue weighted by molar-refractivity contribution is -0.127. The molecule has 4 saturated carbocycles. The Balaban J connectivity index is 0.000000644. The maximum absolute atomic E-state index is 12.5. The van der Waals surface area contributed by atoms with Gasteiger partial charge >= 0.3 is 0 Å². The molecule has 0 amide bonds. The molecule has 0 aromatic rings. The van der Waals surface area contributed by atoms with E-state index in [1.54, 1.807) is 0 Å². The van der Waals surface area contributed by atoms with Gasteiger partial charge in [0.05, 0.1) is 5.33 Å². The standard InChI is InChI=1S/C21H33BrO.3C2H6/c1-13-3-5-15-14(11-13)4-6-17-16(15)9-10-21(2)18(17)7-8-19(21)20(23)12-22;3*1-2/h13-19H,3-12H2,1-2H3;3*1-2H3. The molecule has 4 aliphatic carbocycles. The fourth-order valence-electron chi connectivity index (χ4n) is 7.71. The fourth-order valence-corrected chi connectivity index (χ4v) is 8.10. The van der Waals surface area contributed by atoms with Crippen molar-refractivity contribution in [2.24, 2.45) is 46.8 Å². The summed E-state index contributed by atoms with van der Waals surface area (Å²) in [6.07, 6.45) is 12.7. The van der Waals surface area contributed by atoms with Crippen LogP contribution in [0, 0.1) is 46.8 Å². The van der Waals surface area contributed by atoms with Crippen LogP contribution in [0.25, 0.3) is 0 Å². The number of fused-ring (bicyclic) bond motifs is 5. The topological polar surface area (TPSA) is 17.1 Å². The smallest absolute Gasteiger partial charge is 0.147 e. The van der Waals surface area contributed by atoms with Gasteiger partial charge < -0.3 is 0 Å². The lowest BCUT2D eigenvalue weighted by Crippen LogP contribution is -2.49. The van der Waals surface area contributed by atoms with Crippen molar-refractivity contribution in [1.82, 2.24) is 0 Å². The predicted molar refractivity (Wildman–Crippen MR) is 133 cm³/mol. The second-order valence-corrected chi connectivity index (χ2v) is 10.2. The minimum atomic E-state index is 0.320. The van der Waals surface area contributed by atoms with Crippen molar-refractivity contribution in [3.05, 3.63) is 0 Å². The Hall–Kier alpha value is 0.150. The van der Waals surface area contributed by atoms with Crippen molar-refractivity contribution in [2.75, 3.05) is 5.33 Å². The highest BCUT2D eigenvalue weighted by Crippen LogP contribution is 2.64. The summed E-state index contributed by atoms with van der Waals surface area (Å²) >= 11 is 3.44. The second kappa shape index (κ2) is 12.9. The first kappa shape index (κ1) is 27.2. The van der Waals surface area contributed by atoms with E-state index in [4.69, 9.17) is 0 Å². The fraction of sp³-hybridized carbons (Fsp3) is 0.963. The van der Waals surface area contributed by atoms with Crippen molar-refractivity contribution in [2.45, 2.75) is 113 Å². The number of halogens is 1. The number of ketones is 1. The number of Topliss-reactive ketones (excluding diaryl/α,β-unsaturated/α-hetero) is 1. The number of hydrogen-bond donors (Lipinski definition) is 0. The van der Waals surface area contributed by atoms with Gasteiger partial charge in [0.25, 0.3) is 0 Å². The van der Waals surface area contributed by atoms with Crippen molar-refractivity contribution in [1.29, 1.82) is 0 Å². The van der Waals surface area contributed by atoms with E-state index >= 15 is 0 Å². The highest BCUT2D eigenvalue weighted by Gasteiger charge is 2.57. The van der Waals surface area contributed by atoms with Gasteiger partial charge in [-0.05, 0) is 92.3 Å². The van der Waals surface area contributed by atoms with Gasteiger partial charge in [0.15, 0.2) is 0 Å². The summed E-state index contributed by atoms with van der Waals surface area (Å²) in [5.41, 5.74) is 0.320. The van der Waals surface area contributed by atoms with Gasteiger partial charge in [-0.25, -0.2) is 0 Å². The Morgan fingerprint density at radius 2 is 1.45 bits per heavy atom. The third kappa shape index (κ3) is 5.50. The first-order valence-electron chi connectivity index (χ1n) is 13.1. The number of alkyl halides is 1. The van der Waals surface area contributed by atoms with Gasteiger partial charge in [0.2, 0.25) is 0 Å². The van der Waals surface area contributed by atoms with E-state index in [-0.39, 0.29) is 0 Å². The van der Waals surface area contributed by atoms with Crippen LogP contribution in [0.4, 0.5) is 0 Å². The van der Waals surface area contributed by atoms with E-state index in [1.807, 2.05) is 41.5 Å². The highest BCUT2D eigenvalue weighted by atomic mass is 79.9. The molecule has 0 radical (unpaired) electrons. The molecule has 8 atom stereocenters. The molecule has 0 aliphatic heterocycles. The molecule has 1 nitrogen and oxygen atoms in total. The number of rotatable bonds is 2. The van der Waals surface area contributed by atoms with E-state index < -0.39 is 0 Å². The second-order valence-electron chi connectivity index (χ2n) is 9.63. The zero-order valence-corrected chi connectivity index (χ0v) is 22.5. The van der Waals surface area contributed by atoms with Crippen LogP contribution >= 0.6 is 15.9 Å². The first-order chi connectivity index (χ1) is 14.0. The maximum atomic E-state index is 12.5. The third-order valence-electron chi connectivity index (χ3n) is 8.74. The summed E-state index contributed by atoms with van der Waals surface area (Å²) < 4.78 is 0. The summed E-state index contributed by atoms with van der Waals surface area (Å²) in [5.74, 6) is 6.63. The van der Waals surface area contributed by atoms with Crippen molar-refractivity contribution >= 4 is 21.7 Å². The quantitative estimate of drug-likeness (QED) is 0.367. The Morgan fingerprint density at radius 3 is 2.07 bits per heavy atom. The van der Waals surface area contributed by atoms with Gasteiger partial charge in [-0.15, -0.1) is 0 Å². The lowest BCUT2D eigenvalue weighted by Gasteiger charge is -2.56. The van der Waals surface area contributed by atoms with Crippen LogP contribution in [0.5, 0.6) is 0 Å². The molecule has 4 rings (SSSR count). The molecular weight excluding hydrogens is 420 g/mol. The molecule has 0 spiro atoms. The van der Waals surface area contributed by atoms with E-state index in [0.717, 1.165) is 35.5 Å². The van der Waals surface area contributed by atoms with Gasteiger partial charge in [-0.1, -0.05) is 77.7 Å². The Bertz CT molecular complexity index is 475. The van der Waals surface area contributed by atoms with E-state index in [1.165, 1.54) is 57.8 Å². The number of carbonyl (C=O) groups is 1. The summed E-state index contributed by atoms with van der Waals surface area (Å²) in [4.78, 5) is 12.5. The summed E-state index contributed by atoms with van der Waals surface area (Å²) in [7, 11) is 0. The molecule has 0 aromatic carbocycles. The van der Waals surface area contributed by atoms with Gasteiger partial charge in [-0.3, -0.25) is 4.79 Å². The number of hydrogen-bond acceptors (Lipinski definition) is 1. The Labute approximate surface area is 191 Å². The molecule has 172 valence electrons. The van der Waals surface area contributed by atoms with Gasteiger partial charge in [0.1, 0.15) is 5.78 Å². The largest absolute Gasteiger partial charge is 0.298 e. The summed E-state index contributed by atoms with van der Waals surface area (Å²) in [6, 6.07) is 0. The summed E-state index contributed by atoms with van der Waals surface area (Å²) in [5, 5.41) is 0.566. The van der Waals surface area contributed by atoms with Crippen LogP contribution in [0.1, 0.15) is 113 Å². The van der Waals surface area contributed by atoms with E-state index in [2.05, 4.69) is 29.8 Å². The van der Waals surface area contributed by atoms with Crippen molar-refractivity contribution in [3.63, 3.8) is 0 Å². The molecule has 0 N–H and O–H groups in total. The van der Waals surface area contributed by atoms with Crippen LogP contribution in [0.15, 0.2) is 0 Å². The molecule has 0 bridgehead atoms. The molecule has 0 saturated heterocycles. The SMILES string of the molecule is CC.CC.CC.CC1CCC2C(CCC3C2CCC2(C)C(C(=O)CBr)CCC32)C1. The molecule has 0 aromatic heterocycles. The van der Waals surface area contributed by atoms with Crippen LogP contribution in [0.2, 0.25) is 0 Å². The van der Waals surface area contributed by atoms with Crippen molar-refractivity contribution in [3.8, 4) is 0 Å². The first-order valence-corrected chi connectivity index (χ1v) is 14.3. The van der Waals surface area contributed by atoms with Crippen LogP contribution in [-0.4, -0.2) is 11.1 Å². The van der Waals surface area contributed by atoms with Gasteiger partial charge in [0, 0.05) is 5.92 Å². The monoisotopic (exact) mass is 470 g/mol. The molecule has 8 unspecified atom stereocenters. The molecule has 4 fully saturated rings. The molecule has 4 aliphatic rings. The minimum absolute atomic E-state index is 0.320.